The molecule has 3 heterocycles. The van der Waals surface area contributed by atoms with Crippen molar-refractivity contribution < 1.29 is 4.92 Å². The van der Waals surface area contributed by atoms with Crippen LogP contribution < -0.4 is 5.32 Å². The van der Waals surface area contributed by atoms with Gasteiger partial charge >= 0.3 is 0 Å². The average Bonchev–Trinajstić information content (AvgIpc) is 3.15. The van der Waals surface area contributed by atoms with E-state index < -0.39 is 4.92 Å². The molecule has 2 aromatic heterocycles. The van der Waals surface area contributed by atoms with Crippen molar-refractivity contribution in [3.05, 3.63) is 51.5 Å². The third kappa shape index (κ3) is 3.61. The molecule has 0 aromatic carbocycles. The Morgan fingerprint density at radius 2 is 2.32 bits per heavy atom. The van der Waals surface area contributed by atoms with E-state index in [1.165, 1.54) is 17.8 Å². The van der Waals surface area contributed by atoms with Crippen LogP contribution in [0, 0.1) is 28.4 Å². The Kier molecular flexibility index (Phi) is 4.67. The van der Waals surface area contributed by atoms with Gasteiger partial charge in [0.15, 0.2) is 0 Å². The lowest BCUT2D eigenvalue weighted by Crippen LogP contribution is -2.26. The van der Waals surface area contributed by atoms with E-state index in [-0.39, 0.29) is 11.7 Å². The van der Waals surface area contributed by atoms with Gasteiger partial charge in [-0.3, -0.25) is 15.0 Å². The summed E-state index contributed by atoms with van der Waals surface area (Å²) in [5.74, 6) is 0.653. The van der Waals surface area contributed by atoms with Gasteiger partial charge in [0.1, 0.15) is 23.8 Å². The Labute approximate surface area is 145 Å². The molecule has 8 heteroatoms. The molecule has 25 heavy (non-hydrogen) atoms. The lowest BCUT2D eigenvalue weighted by molar-refractivity contribution is -0.385. The molecule has 0 amide bonds. The normalized spacial score (nSPS) is 17.4. The number of hydrogen-bond donors (Lipinski definition) is 1. The van der Waals surface area contributed by atoms with Crippen LogP contribution in [0.15, 0.2) is 24.4 Å². The molecule has 3 rings (SSSR count). The molecule has 0 bridgehead atoms. The lowest BCUT2D eigenvalue weighted by atomic mass is 10.2. The summed E-state index contributed by atoms with van der Waals surface area (Å²) in [4.78, 5) is 16.7. The Bertz CT molecular complexity index is 821. The number of pyridine rings is 1. The molecule has 1 saturated heterocycles. The van der Waals surface area contributed by atoms with Crippen molar-refractivity contribution in [3.63, 3.8) is 0 Å². The van der Waals surface area contributed by atoms with Crippen molar-refractivity contribution in [1.29, 1.82) is 5.26 Å². The molecule has 1 atom stereocenters. The van der Waals surface area contributed by atoms with Crippen LogP contribution in [-0.4, -0.2) is 38.5 Å². The molecule has 1 fully saturated rings. The van der Waals surface area contributed by atoms with Crippen LogP contribution in [0.1, 0.15) is 23.4 Å². The molecule has 130 valence electrons. The van der Waals surface area contributed by atoms with Gasteiger partial charge in [-0.1, -0.05) is 0 Å². The summed E-state index contributed by atoms with van der Waals surface area (Å²) >= 11 is 0. The fraction of sp³-hybridized carbons (Fsp3) is 0.412. The zero-order chi connectivity index (χ0) is 18.0. The van der Waals surface area contributed by atoms with Gasteiger partial charge in [-0.05, 0) is 31.0 Å². The monoisotopic (exact) mass is 340 g/mol. The maximum atomic E-state index is 10.7. The number of nitriles is 1. The van der Waals surface area contributed by atoms with Gasteiger partial charge in [0, 0.05) is 44.5 Å². The molecule has 0 spiro atoms. The fourth-order valence-corrected chi connectivity index (χ4v) is 3.15. The zero-order valence-corrected chi connectivity index (χ0v) is 14.3. The zero-order valence-electron chi connectivity index (χ0n) is 14.3. The quantitative estimate of drug-likeness (QED) is 0.661. The molecule has 1 aliphatic heterocycles. The van der Waals surface area contributed by atoms with Crippen LogP contribution in [0.25, 0.3) is 0 Å². The van der Waals surface area contributed by atoms with E-state index in [1.54, 1.807) is 6.07 Å². The number of rotatable bonds is 5. The van der Waals surface area contributed by atoms with Gasteiger partial charge in [0.2, 0.25) is 0 Å². The third-order valence-electron chi connectivity index (χ3n) is 4.73. The van der Waals surface area contributed by atoms with E-state index in [4.69, 9.17) is 5.26 Å². The van der Waals surface area contributed by atoms with Crippen molar-refractivity contribution in [3.8, 4) is 6.07 Å². The third-order valence-corrected chi connectivity index (χ3v) is 4.73. The molecule has 0 aliphatic carbocycles. The van der Waals surface area contributed by atoms with Gasteiger partial charge < -0.3 is 9.88 Å². The topological polar surface area (TPSA) is 100 Å². The Morgan fingerprint density at radius 1 is 1.52 bits per heavy atom. The summed E-state index contributed by atoms with van der Waals surface area (Å²) in [5.41, 5.74) is 2.96. The summed E-state index contributed by atoms with van der Waals surface area (Å²) in [6.45, 7) is 4.67. The first kappa shape index (κ1) is 16.9. The van der Waals surface area contributed by atoms with Crippen LogP contribution in [-0.2, 0) is 13.6 Å². The number of anilines is 1. The number of aromatic nitrogens is 2. The second kappa shape index (κ2) is 6.91. The van der Waals surface area contributed by atoms with Gasteiger partial charge in [-0.2, -0.15) is 5.26 Å². The maximum Gasteiger partial charge on any atom is 0.287 e. The number of likely N-dealkylation sites (tertiary alicyclic amines) is 1. The van der Waals surface area contributed by atoms with E-state index in [1.807, 2.05) is 24.6 Å². The summed E-state index contributed by atoms with van der Waals surface area (Å²) in [5, 5.41) is 23.1. The second-order valence-corrected chi connectivity index (χ2v) is 6.33. The van der Waals surface area contributed by atoms with E-state index in [0.29, 0.717) is 11.5 Å². The number of nitrogens with one attached hydrogen (secondary N) is 1. The summed E-state index contributed by atoms with van der Waals surface area (Å²) in [6, 6.07) is 7.52. The van der Waals surface area contributed by atoms with Crippen LogP contribution in [0.3, 0.4) is 0 Å². The Hall–Kier alpha value is -2.92. The van der Waals surface area contributed by atoms with Crippen LogP contribution in [0.5, 0.6) is 0 Å². The first-order valence-electron chi connectivity index (χ1n) is 8.12. The van der Waals surface area contributed by atoms with Crippen LogP contribution in [0.2, 0.25) is 0 Å². The number of nitro groups is 1. The minimum atomic E-state index is -0.453. The predicted molar refractivity (Wildman–Crippen MR) is 93.1 cm³/mol. The van der Waals surface area contributed by atoms with Crippen molar-refractivity contribution in [1.82, 2.24) is 14.5 Å². The molecule has 0 saturated carbocycles. The lowest BCUT2D eigenvalue weighted by Gasteiger charge is -2.17. The minimum Gasteiger partial charge on any atom is -0.366 e. The Morgan fingerprint density at radius 3 is 2.92 bits per heavy atom. The smallest absolute Gasteiger partial charge is 0.287 e. The summed E-state index contributed by atoms with van der Waals surface area (Å²) < 4.78 is 1.92. The van der Waals surface area contributed by atoms with E-state index >= 15 is 0 Å². The Balaban J connectivity index is 1.59. The molecule has 1 unspecified atom stereocenters. The largest absolute Gasteiger partial charge is 0.366 e. The van der Waals surface area contributed by atoms with Crippen molar-refractivity contribution in [2.45, 2.75) is 25.9 Å². The van der Waals surface area contributed by atoms with Gasteiger partial charge in [0.25, 0.3) is 5.69 Å². The fourth-order valence-electron chi connectivity index (χ4n) is 3.15. The standard InChI is InChI=1S/C17H20N6O2/c1-12-13(7-16(8-18)21(12)2)10-22-6-5-14(11-22)20-17-4-3-15(9-19-17)23(24)25/h3-4,7,9,14H,5-6,10-11H2,1-2H3,(H,19,20). The summed E-state index contributed by atoms with van der Waals surface area (Å²) in [6.07, 6.45) is 2.25. The first-order valence-corrected chi connectivity index (χ1v) is 8.12. The molecule has 0 radical (unpaired) electrons. The van der Waals surface area contributed by atoms with Gasteiger partial charge in [-0.15, -0.1) is 0 Å². The molecule has 1 aliphatic rings. The highest BCUT2D eigenvalue weighted by molar-refractivity contribution is 5.41. The first-order chi connectivity index (χ1) is 12.0. The SMILES string of the molecule is Cc1c(CN2CCC(Nc3ccc([N+](=O)[O-])cn3)C2)cc(C#N)n1C. The summed E-state index contributed by atoms with van der Waals surface area (Å²) in [7, 11) is 1.91. The highest BCUT2D eigenvalue weighted by Gasteiger charge is 2.24. The highest BCUT2D eigenvalue weighted by atomic mass is 16.6. The van der Waals surface area contributed by atoms with Crippen molar-refractivity contribution >= 4 is 11.5 Å². The molecule has 8 nitrogen and oxygen atoms in total. The average molecular weight is 340 g/mol. The molecular weight excluding hydrogens is 320 g/mol. The predicted octanol–water partition coefficient (Wildman–Crippen LogP) is 2.19. The van der Waals surface area contributed by atoms with E-state index in [2.05, 4.69) is 21.3 Å². The minimum absolute atomic E-state index is 0.00792. The highest BCUT2D eigenvalue weighted by Crippen LogP contribution is 2.21. The number of nitrogens with zero attached hydrogens (tertiary/aromatic N) is 5. The maximum absolute atomic E-state index is 10.7. The number of hydrogen-bond acceptors (Lipinski definition) is 6. The van der Waals surface area contributed by atoms with Crippen LogP contribution in [0.4, 0.5) is 11.5 Å². The molecule has 1 N–H and O–H groups in total. The van der Waals surface area contributed by atoms with Crippen molar-refractivity contribution in [2.75, 3.05) is 18.4 Å². The second-order valence-electron chi connectivity index (χ2n) is 6.33. The van der Waals surface area contributed by atoms with Crippen molar-refractivity contribution in [2.24, 2.45) is 7.05 Å². The molecular formula is C17H20N6O2. The van der Waals surface area contributed by atoms with Gasteiger partial charge in [-0.25, -0.2) is 4.98 Å². The van der Waals surface area contributed by atoms with E-state index in [0.717, 1.165) is 31.7 Å². The van der Waals surface area contributed by atoms with Crippen LogP contribution >= 0.6 is 0 Å². The molecule has 2 aromatic rings. The van der Waals surface area contributed by atoms with Gasteiger partial charge in [0.05, 0.1) is 4.92 Å². The van der Waals surface area contributed by atoms with E-state index in [9.17, 15) is 10.1 Å².